The number of aromatic nitrogens is 3. The second kappa shape index (κ2) is 8.18. The van der Waals surface area contributed by atoms with Crippen molar-refractivity contribution in [1.29, 1.82) is 0 Å². The lowest BCUT2D eigenvalue weighted by molar-refractivity contribution is -0.140. The van der Waals surface area contributed by atoms with Gasteiger partial charge in [-0.1, -0.05) is 23.9 Å². The largest absolute Gasteiger partial charge is 0.465 e. The first-order chi connectivity index (χ1) is 12.5. The van der Waals surface area contributed by atoms with E-state index in [1.807, 2.05) is 38.1 Å². The first-order valence-corrected chi connectivity index (χ1v) is 9.20. The third kappa shape index (κ3) is 4.51. The molecule has 0 fully saturated rings. The molecule has 0 radical (unpaired) electrons. The van der Waals surface area contributed by atoms with Crippen molar-refractivity contribution < 1.29 is 13.9 Å². The Morgan fingerprint density at radius 1 is 1.23 bits per heavy atom. The first kappa shape index (κ1) is 18.2. The number of esters is 1. The maximum absolute atomic E-state index is 11.9. The van der Waals surface area contributed by atoms with Gasteiger partial charge in [-0.2, -0.15) is 0 Å². The van der Waals surface area contributed by atoms with Crippen molar-refractivity contribution in [1.82, 2.24) is 14.5 Å². The fourth-order valence-corrected chi connectivity index (χ4v) is 3.31. The van der Waals surface area contributed by atoms with E-state index in [0.717, 1.165) is 16.9 Å². The monoisotopic (exact) mass is 373 g/mol. The van der Waals surface area contributed by atoms with E-state index in [-0.39, 0.29) is 18.3 Å². The van der Waals surface area contributed by atoms with E-state index in [4.69, 9.17) is 9.15 Å². The minimum absolute atomic E-state index is 0.150. The van der Waals surface area contributed by atoms with Gasteiger partial charge in [0, 0.05) is 17.9 Å². The number of aryl methyl sites for hydroxylation is 3. The standard InChI is InChI=1S/C18H19N3O4S/c1-12-10-13(2)20-17(19-12)26-11-16(22)24-9-5-8-21-14-6-3-4-7-15(14)25-18(21)23/h3-4,6-7,10H,5,8-9,11H2,1-2H3. The highest BCUT2D eigenvalue weighted by Crippen LogP contribution is 2.14. The second-order valence-corrected chi connectivity index (χ2v) is 6.73. The van der Waals surface area contributed by atoms with Gasteiger partial charge in [-0.3, -0.25) is 9.36 Å². The molecule has 0 saturated heterocycles. The van der Waals surface area contributed by atoms with Gasteiger partial charge in [0.2, 0.25) is 0 Å². The number of fused-ring (bicyclic) bond motifs is 1. The number of para-hydroxylation sites is 2. The molecule has 2 heterocycles. The zero-order valence-corrected chi connectivity index (χ0v) is 15.4. The first-order valence-electron chi connectivity index (χ1n) is 8.22. The summed E-state index contributed by atoms with van der Waals surface area (Å²) >= 11 is 1.25. The highest BCUT2D eigenvalue weighted by atomic mass is 32.2. The lowest BCUT2D eigenvalue weighted by Gasteiger charge is -2.06. The smallest absolute Gasteiger partial charge is 0.419 e. The van der Waals surface area contributed by atoms with Crippen molar-refractivity contribution in [2.24, 2.45) is 0 Å². The van der Waals surface area contributed by atoms with Crippen LogP contribution in [0.25, 0.3) is 11.1 Å². The van der Waals surface area contributed by atoms with Crippen LogP contribution >= 0.6 is 11.8 Å². The van der Waals surface area contributed by atoms with Crippen molar-refractivity contribution in [3.63, 3.8) is 0 Å². The van der Waals surface area contributed by atoms with Gasteiger partial charge in [-0.05, 0) is 38.5 Å². The molecule has 0 bridgehead atoms. The van der Waals surface area contributed by atoms with Crippen molar-refractivity contribution in [3.05, 3.63) is 52.3 Å². The van der Waals surface area contributed by atoms with Crippen molar-refractivity contribution >= 4 is 28.8 Å². The molecule has 0 amide bonds. The number of ether oxygens (including phenoxy) is 1. The van der Waals surface area contributed by atoms with Gasteiger partial charge in [0.15, 0.2) is 10.7 Å². The number of carbonyl (C=O) groups excluding carboxylic acids is 1. The molecule has 7 nitrogen and oxygen atoms in total. The number of hydrogen-bond donors (Lipinski definition) is 0. The molecule has 3 rings (SSSR count). The summed E-state index contributed by atoms with van der Waals surface area (Å²) < 4.78 is 11.9. The summed E-state index contributed by atoms with van der Waals surface area (Å²) in [7, 11) is 0. The van der Waals surface area contributed by atoms with Crippen molar-refractivity contribution in [3.8, 4) is 0 Å². The summed E-state index contributed by atoms with van der Waals surface area (Å²) in [6.07, 6.45) is 0.528. The number of benzene rings is 1. The van der Waals surface area contributed by atoms with Crippen LogP contribution in [0.2, 0.25) is 0 Å². The van der Waals surface area contributed by atoms with Crippen LogP contribution in [-0.2, 0) is 16.1 Å². The molecule has 3 aromatic rings. The van der Waals surface area contributed by atoms with Crippen LogP contribution in [0.4, 0.5) is 0 Å². The van der Waals surface area contributed by atoms with E-state index in [1.54, 1.807) is 10.6 Å². The Bertz CT molecular complexity index is 960. The summed E-state index contributed by atoms with van der Waals surface area (Å²) in [5, 5.41) is 0.566. The van der Waals surface area contributed by atoms with Crippen molar-refractivity contribution in [2.75, 3.05) is 12.4 Å². The van der Waals surface area contributed by atoms with Gasteiger partial charge in [0.05, 0.1) is 17.9 Å². The predicted molar refractivity (Wildman–Crippen MR) is 98.3 cm³/mol. The molecule has 8 heteroatoms. The van der Waals surface area contributed by atoms with E-state index in [0.29, 0.717) is 23.7 Å². The Balaban J connectivity index is 1.45. The van der Waals surface area contributed by atoms with Crippen LogP contribution in [-0.4, -0.2) is 32.9 Å². The minimum atomic E-state index is -0.403. The van der Waals surface area contributed by atoms with E-state index in [1.165, 1.54) is 11.8 Å². The topological polar surface area (TPSA) is 87.2 Å². The molecule has 0 spiro atoms. The number of rotatable bonds is 7. The summed E-state index contributed by atoms with van der Waals surface area (Å²) in [6.45, 7) is 4.44. The minimum Gasteiger partial charge on any atom is -0.465 e. The van der Waals surface area contributed by atoms with E-state index in [2.05, 4.69) is 9.97 Å². The Labute approximate surface area is 154 Å². The third-order valence-electron chi connectivity index (χ3n) is 3.64. The summed E-state index contributed by atoms with van der Waals surface area (Å²) in [6, 6.07) is 9.12. The molecule has 0 saturated carbocycles. The molecular weight excluding hydrogens is 354 g/mol. The number of oxazole rings is 1. The van der Waals surface area contributed by atoms with Gasteiger partial charge in [0.1, 0.15) is 0 Å². The molecule has 2 aromatic heterocycles. The Morgan fingerprint density at radius 2 is 1.96 bits per heavy atom. The van der Waals surface area contributed by atoms with Crippen LogP contribution < -0.4 is 5.76 Å². The Hall–Kier alpha value is -2.61. The zero-order chi connectivity index (χ0) is 18.5. The number of hydrogen-bond acceptors (Lipinski definition) is 7. The summed E-state index contributed by atoms with van der Waals surface area (Å²) in [5.74, 6) is -0.584. The zero-order valence-electron chi connectivity index (χ0n) is 14.6. The maximum Gasteiger partial charge on any atom is 0.419 e. The van der Waals surface area contributed by atoms with Crippen LogP contribution in [0.1, 0.15) is 17.8 Å². The van der Waals surface area contributed by atoms with Gasteiger partial charge in [-0.15, -0.1) is 0 Å². The fraction of sp³-hybridized carbons (Fsp3) is 0.333. The molecule has 0 aliphatic carbocycles. The highest BCUT2D eigenvalue weighted by molar-refractivity contribution is 7.99. The number of thioether (sulfide) groups is 1. The molecular formula is C18H19N3O4S. The SMILES string of the molecule is Cc1cc(C)nc(SCC(=O)OCCCn2c(=O)oc3ccccc32)n1. The third-order valence-corrected chi connectivity index (χ3v) is 4.46. The average molecular weight is 373 g/mol. The number of carbonyl (C=O) groups is 1. The Morgan fingerprint density at radius 3 is 2.73 bits per heavy atom. The molecule has 0 aliphatic rings. The number of nitrogens with zero attached hydrogens (tertiary/aromatic N) is 3. The second-order valence-electron chi connectivity index (χ2n) is 5.78. The van der Waals surface area contributed by atoms with Gasteiger partial charge in [-0.25, -0.2) is 14.8 Å². The molecule has 0 aliphatic heterocycles. The molecule has 26 heavy (non-hydrogen) atoms. The summed E-state index contributed by atoms with van der Waals surface area (Å²) in [5.41, 5.74) is 3.03. The van der Waals surface area contributed by atoms with Crippen LogP contribution in [0.15, 0.2) is 44.7 Å². The normalized spacial score (nSPS) is 11.0. The molecule has 0 N–H and O–H groups in total. The van der Waals surface area contributed by atoms with Crippen molar-refractivity contribution in [2.45, 2.75) is 32.0 Å². The molecule has 136 valence electrons. The lowest BCUT2D eigenvalue weighted by Crippen LogP contribution is -2.16. The van der Waals surface area contributed by atoms with Gasteiger partial charge < -0.3 is 9.15 Å². The van der Waals surface area contributed by atoms with E-state index >= 15 is 0 Å². The molecule has 1 aromatic carbocycles. The summed E-state index contributed by atoms with van der Waals surface area (Å²) in [4.78, 5) is 32.2. The maximum atomic E-state index is 11.9. The quantitative estimate of drug-likeness (QED) is 0.272. The molecule has 0 unspecified atom stereocenters. The fourth-order valence-electron chi connectivity index (χ4n) is 2.56. The van der Waals surface area contributed by atoms with Gasteiger partial charge >= 0.3 is 11.7 Å². The van der Waals surface area contributed by atoms with E-state index < -0.39 is 5.76 Å². The highest BCUT2D eigenvalue weighted by Gasteiger charge is 2.10. The Kier molecular flexibility index (Phi) is 5.72. The van der Waals surface area contributed by atoms with Gasteiger partial charge in [0.25, 0.3) is 0 Å². The van der Waals surface area contributed by atoms with Crippen LogP contribution in [0.3, 0.4) is 0 Å². The lowest BCUT2D eigenvalue weighted by atomic mass is 10.3. The van der Waals surface area contributed by atoms with Crippen LogP contribution in [0.5, 0.6) is 0 Å². The average Bonchev–Trinajstić information content (AvgIpc) is 2.91. The molecule has 0 atom stereocenters. The van der Waals surface area contributed by atoms with Crippen LogP contribution in [0, 0.1) is 13.8 Å². The van der Waals surface area contributed by atoms with E-state index in [9.17, 15) is 9.59 Å². The predicted octanol–water partition coefficient (Wildman–Crippen LogP) is 2.73.